The van der Waals surface area contributed by atoms with Crippen molar-refractivity contribution in [2.75, 3.05) is 32.6 Å². The summed E-state index contributed by atoms with van der Waals surface area (Å²) in [5, 5.41) is 4.29. The van der Waals surface area contributed by atoms with E-state index in [4.69, 9.17) is 4.74 Å². The van der Waals surface area contributed by atoms with Crippen molar-refractivity contribution in [3.8, 4) is 0 Å². The molecule has 0 bridgehead atoms. The highest BCUT2D eigenvalue weighted by Crippen LogP contribution is 2.11. The van der Waals surface area contributed by atoms with Crippen LogP contribution in [0.2, 0.25) is 0 Å². The molecular formula is C13H24N4O4S. The van der Waals surface area contributed by atoms with Crippen LogP contribution >= 0.6 is 0 Å². The zero-order chi connectivity index (χ0) is 16.2. The fourth-order valence-electron chi connectivity index (χ4n) is 2.50. The topological polar surface area (TPSA) is 86.4 Å². The summed E-state index contributed by atoms with van der Waals surface area (Å²) in [5.41, 5.74) is -0.195. The van der Waals surface area contributed by atoms with Gasteiger partial charge in [-0.05, 0) is 6.42 Å². The summed E-state index contributed by atoms with van der Waals surface area (Å²) >= 11 is 0. The van der Waals surface area contributed by atoms with E-state index >= 15 is 0 Å². The molecule has 8 nitrogen and oxygen atoms in total. The van der Waals surface area contributed by atoms with Gasteiger partial charge in [0.05, 0.1) is 18.9 Å². The number of methoxy groups -OCH3 is 1. The number of hydrogen-bond acceptors (Lipinski definition) is 5. The van der Waals surface area contributed by atoms with Crippen LogP contribution in [0.5, 0.6) is 0 Å². The maximum absolute atomic E-state index is 12.3. The van der Waals surface area contributed by atoms with Crippen LogP contribution in [-0.4, -0.2) is 59.6 Å². The number of hydrogen-bond donors (Lipinski definition) is 0. The Bertz CT molecular complexity index is 649. The molecule has 2 heterocycles. The van der Waals surface area contributed by atoms with E-state index < -0.39 is 10.0 Å². The zero-order valence-corrected chi connectivity index (χ0v) is 14.0. The molecule has 0 amide bonds. The lowest BCUT2D eigenvalue weighted by atomic mass is 10.4. The van der Waals surface area contributed by atoms with Gasteiger partial charge in [-0.15, -0.1) is 0 Å². The average molecular weight is 332 g/mol. The van der Waals surface area contributed by atoms with Gasteiger partial charge in [-0.3, -0.25) is 4.57 Å². The van der Waals surface area contributed by atoms with Gasteiger partial charge in [0, 0.05) is 33.2 Å². The van der Waals surface area contributed by atoms with Gasteiger partial charge in [-0.1, -0.05) is 13.3 Å². The van der Waals surface area contributed by atoms with E-state index in [2.05, 4.69) is 5.10 Å². The summed E-state index contributed by atoms with van der Waals surface area (Å²) in [6.45, 7) is 3.87. The van der Waals surface area contributed by atoms with Crippen LogP contribution in [0.4, 0.5) is 0 Å². The molecule has 0 spiro atoms. The van der Waals surface area contributed by atoms with Crippen LogP contribution in [0, 0.1) is 0 Å². The standard InChI is InChI=1S/C13H24N4O4S/c1-3-4-11-22(19,20)15-6-5-12-14-17(9-10-21-2)13(18)16(12)8-7-15/h3-11H2,1-2H3. The number of nitrogens with zero attached hydrogens (tertiary/aromatic N) is 4. The summed E-state index contributed by atoms with van der Waals surface area (Å²) in [6, 6.07) is 0. The Hall–Kier alpha value is -1.19. The molecule has 0 saturated heterocycles. The van der Waals surface area contributed by atoms with Crippen LogP contribution < -0.4 is 5.69 Å². The number of fused-ring (bicyclic) bond motifs is 1. The number of sulfonamides is 1. The smallest absolute Gasteiger partial charge is 0.346 e. The highest BCUT2D eigenvalue weighted by atomic mass is 32.2. The van der Waals surface area contributed by atoms with Crippen molar-refractivity contribution in [3.63, 3.8) is 0 Å². The minimum Gasteiger partial charge on any atom is -0.383 e. The van der Waals surface area contributed by atoms with Crippen LogP contribution in [0.15, 0.2) is 4.79 Å². The first kappa shape index (κ1) is 17.2. The number of unbranched alkanes of at least 4 members (excludes halogenated alkanes) is 1. The van der Waals surface area contributed by atoms with Gasteiger partial charge in [0.2, 0.25) is 10.0 Å². The van der Waals surface area contributed by atoms with E-state index in [0.717, 1.165) is 6.42 Å². The van der Waals surface area contributed by atoms with Crippen molar-refractivity contribution in [2.24, 2.45) is 0 Å². The van der Waals surface area contributed by atoms with Gasteiger partial charge >= 0.3 is 5.69 Å². The van der Waals surface area contributed by atoms with Crippen molar-refractivity contribution in [1.82, 2.24) is 18.7 Å². The molecule has 22 heavy (non-hydrogen) atoms. The fraction of sp³-hybridized carbons (Fsp3) is 0.846. The monoisotopic (exact) mass is 332 g/mol. The molecule has 0 unspecified atom stereocenters. The van der Waals surface area contributed by atoms with Crippen molar-refractivity contribution in [1.29, 1.82) is 0 Å². The molecule has 1 aliphatic rings. The van der Waals surface area contributed by atoms with Gasteiger partial charge < -0.3 is 4.74 Å². The molecular weight excluding hydrogens is 308 g/mol. The van der Waals surface area contributed by atoms with E-state index in [9.17, 15) is 13.2 Å². The minimum atomic E-state index is -3.24. The van der Waals surface area contributed by atoms with E-state index in [1.807, 2.05) is 6.92 Å². The summed E-state index contributed by atoms with van der Waals surface area (Å²) in [6.07, 6.45) is 1.96. The molecule has 1 aromatic heterocycles. The average Bonchev–Trinajstić information content (AvgIpc) is 2.66. The Morgan fingerprint density at radius 2 is 2.05 bits per heavy atom. The summed E-state index contributed by atoms with van der Waals surface area (Å²) in [7, 11) is -1.66. The minimum absolute atomic E-state index is 0.171. The Labute approximate surface area is 130 Å². The highest BCUT2D eigenvalue weighted by Gasteiger charge is 2.26. The summed E-state index contributed by atoms with van der Waals surface area (Å²) < 4.78 is 33.9. The quantitative estimate of drug-likeness (QED) is 0.683. The predicted molar refractivity (Wildman–Crippen MR) is 82.3 cm³/mol. The molecule has 9 heteroatoms. The maximum atomic E-state index is 12.3. The predicted octanol–water partition coefficient (Wildman–Crippen LogP) is -0.321. The van der Waals surface area contributed by atoms with Crippen molar-refractivity contribution < 1.29 is 13.2 Å². The Morgan fingerprint density at radius 1 is 1.27 bits per heavy atom. The number of ether oxygens (including phenoxy) is 1. The third kappa shape index (κ3) is 3.76. The first-order valence-corrected chi connectivity index (χ1v) is 9.23. The van der Waals surface area contributed by atoms with E-state index in [-0.39, 0.29) is 11.4 Å². The first-order chi connectivity index (χ1) is 10.5. The Kier molecular flexibility index (Phi) is 5.76. The second kappa shape index (κ2) is 7.38. The lowest BCUT2D eigenvalue weighted by molar-refractivity contribution is 0.182. The maximum Gasteiger partial charge on any atom is 0.346 e. The Morgan fingerprint density at radius 3 is 2.73 bits per heavy atom. The lowest BCUT2D eigenvalue weighted by Gasteiger charge is -2.19. The van der Waals surface area contributed by atoms with E-state index in [0.29, 0.717) is 51.5 Å². The summed E-state index contributed by atoms with van der Waals surface area (Å²) in [4.78, 5) is 12.2. The highest BCUT2D eigenvalue weighted by molar-refractivity contribution is 7.89. The molecule has 1 aliphatic heterocycles. The molecule has 0 atom stereocenters. The van der Waals surface area contributed by atoms with Gasteiger partial charge in [0.15, 0.2) is 0 Å². The first-order valence-electron chi connectivity index (χ1n) is 7.63. The van der Waals surface area contributed by atoms with Crippen LogP contribution in [0.25, 0.3) is 0 Å². The Balaban J connectivity index is 2.10. The van der Waals surface area contributed by atoms with Crippen molar-refractivity contribution in [2.45, 2.75) is 39.3 Å². The van der Waals surface area contributed by atoms with Crippen LogP contribution in [0.3, 0.4) is 0 Å². The lowest BCUT2D eigenvalue weighted by Crippen LogP contribution is -2.36. The zero-order valence-electron chi connectivity index (χ0n) is 13.2. The van der Waals surface area contributed by atoms with Crippen molar-refractivity contribution >= 4 is 10.0 Å². The van der Waals surface area contributed by atoms with E-state index in [1.165, 1.54) is 8.99 Å². The number of aromatic nitrogens is 3. The van der Waals surface area contributed by atoms with Crippen molar-refractivity contribution in [3.05, 3.63) is 16.3 Å². The molecule has 126 valence electrons. The van der Waals surface area contributed by atoms with Gasteiger partial charge in [0.25, 0.3) is 0 Å². The van der Waals surface area contributed by atoms with Gasteiger partial charge in [-0.2, -0.15) is 9.40 Å². The second-order valence-electron chi connectivity index (χ2n) is 5.38. The van der Waals surface area contributed by atoms with Gasteiger partial charge in [0.1, 0.15) is 5.82 Å². The van der Waals surface area contributed by atoms with Crippen LogP contribution in [0.1, 0.15) is 25.6 Å². The van der Waals surface area contributed by atoms with Crippen LogP contribution in [-0.2, 0) is 34.3 Å². The molecule has 1 aromatic rings. The fourth-order valence-corrected chi connectivity index (χ4v) is 4.14. The SMILES string of the molecule is CCCCS(=O)(=O)N1CCc2nn(CCOC)c(=O)n2CC1. The molecule has 0 N–H and O–H groups in total. The third-order valence-electron chi connectivity index (χ3n) is 3.81. The number of rotatable bonds is 7. The van der Waals surface area contributed by atoms with E-state index in [1.54, 1.807) is 11.7 Å². The van der Waals surface area contributed by atoms with Gasteiger partial charge in [-0.25, -0.2) is 17.9 Å². The molecule has 0 aromatic carbocycles. The summed E-state index contributed by atoms with van der Waals surface area (Å²) in [5.74, 6) is 0.818. The third-order valence-corrected chi connectivity index (χ3v) is 5.77. The molecule has 0 aliphatic carbocycles. The normalized spacial score (nSPS) is 16.5. The molecule has 0 radical (unpaired) electrons. The second-order valence-corrected chi connectivity index (χ2v) is 7.47. The largest absolute Gasteiger partial charge is 0.383 e. The molecule has 2 rings (SSSR count). The molecule has 0 saturated carbocycles. The molecule has 0 fully saturated rings.